The van der Waals surface area contributed by atoms with Crippen molar-refractivity contribution >= 4 is 26.9 Å². The van der Waals surface area contributed by atoms with Crippen LogP contribution < -0.4 is 0 Å². The molecule has 0 fully saturated rings. The maximum atomic E-state index is 9.80. The molecule has 4 atom stereocenters. The van der Waals surface area contributed by atoms with Crippen LogP contribution in [0.15, 0.2) is 12.7 Å². The highest BCUT2D eigenvalue weighted by atomic mass is 32.0. The van der Waals surface area contributed by atoms with E-state index in [0.29, 0.717) is 14.9 Å². The van der Waals surface area contributed by atoms with Crippen LogP contribution in [0.2, 0.25) is 0 Å². The Kier molecular flexibility index (Phi) is 7.88. The van der Waals surface area contributed by atoms with E-state index in [9.17, 15) is 5.11 Å². The normalized spacial score (nSPS) is 16.6. The smallest absolute Gasteiger partial charge is 0.115 e. The minimum Gasteiger partial charge on any atom is -0.385 e. The van der Waals surface area contributed by atoms with Gasteiger partial charge in [0.2, 0.25) is 0 Å². The summed E-state index contributed by atoms with van der Waals surface area (Å²) in [6.07, 6.45) is 2.12. The lowest BCUT2D eigenvalue weighted by molar-refractivity contribution is -0.0287. The summed E-state index contributed by atoms with van der Waals surface area (Å²) in [6, 6.07) is 0. The molecule has 0 spiro atoms. The zero-order chi connectivity index (χ0) is 9.45. The van der Waals surface area contributed by atoms with Crippen molar-refractivity contribution in [3.63, 3.8) is 0 Å². The minimum atomic E-state index is -0.937. The first-order valence-corrected chi connectivity index (χ1v) is 6.60. The highest BCUT2D eigenvalue weighted by molar-refractivity contribution is 8.00. The number of hydrogen-bond donors (Lipinski definition) is 1. The summed E-state index contributed by atoms with van der Waals surface area (Å²) in [5, 5.41) is 9.80. The summed E-state index contributed by atoms with van der Waals surface area (Å²) in [7, 11) is 4.86. The summed E-state index contributed by atoms with van der Waals surface area (Å²) < 4.78 is 9.90. The molecule has 3 nitrogen and oxygen atoms in total. The van der Waals surface area contributed by atoms with E-state index in [2.05, 4.69) is 25.0 Å². The molecule has 0 heterocycles. The third-order valence-corrected chi connectivity index (χ3v) is 2.28. The lowest BCUT2D eigenvalue weighted by Gasteiger charge is -2.24. The zero-order valence-corrected chi connectivity index (χ0v) is 10.1. The topological polar surface area (TPSA) is 38.7 Å². The van der Waals surface area contributed by atoms with Crippen molar-refractivity contribution in [2.24, 2.45) is 0 Å². The third-order valence-electron chi connectivity index (χ3n) is 1.30. The summed E-state index contributed by atoms with van der Waals surface area (Å²) in [6.45, 7) is 4.06. The summed E-state index contributed by atoms with van der Waals surface area (Å²) in [5.74, 6) is 0. The maximum Gasteiger partial charge on any atom is 0.115 e. The summed E-state index contributed by atoms with van der Waals surface area (Å²) in [4.78, 5) is 0. The molecule has 0 aromatic heterocycles. The fourth-order valence-corrected chi connectivity index (χ4v) is 1.67. The Hall–Kier alpha value is 0.910. The van der Waals surface area contributed by atoms with Crippen LogP contribution in [0.25, 0.3) is 0 Å². The molecule has 1 N–H and O–H groups in total. The van der Waals surface area contributed by atoms with Gasteiger partial charge in [-0.15, -0.1) is 6.58 Å². The molecule has 0 saturated carbocycles. The molecule has 0 aromatic rings. The highest BCUT2D eigenvalue weighted by Crippen LogP contribution is 2.25. The van der Waals surface area contributed by atoms with Crippen LogP contribution >= 0.6 is 26.9 Å². The van der Waals surface area contributed by atoms with E-state index < -0.39 is 5.60 Å². The lowest BCUT2D eigenvalue weighted by Crippen LogP contribution is -2.37. The van der Waals surface area contributed by atoms with E-state index in [4.69, 9.17) is 9.05 Å². The first kappa shape index (κ1) is 12.9. The second kappa shape index (κ2) is 7.33. The van der Waals surface area contributed by atoms with Crippen LogP contribution in [0, 0.1) is 0 Å². The Balaban J connectivity index is 3.88. The zero-order valence-electron chi connectivity index (χ0n) is 6.82. The SMILES string of the molecule is C=CCC(O)(COP)COPP. The third kappa shape index (κ3) is 5.54. The van der Waals surface area contributed by atoms with Crippen LogP contribution in [0.3, 0.4) is 0 Å². The Labute approximate surface area is 79.5 Å². The van der Waals surface area contributed by atoms with E-state index in [1.54, 1.807) is 6.08 Å². The summed E-state index contributed by atoms with van der Waals surface area (Å²) >= 11 is 0. The van der Waals surface area contributed by atoms with Gasteiger partial charge in [-0.1, -0.05) is 15.0 Å². The van der Waals surface area contributed by atoms with Gasteiger partial charge in [0.15, 0.2) is 0 Å². The minimum absolute atomic E-state index is 0.235. The van der Waals surface area contributed by atoms with E-state index in [1.807, 2.05) is 0 Å². The van der Waals surface area contributed by atoms with Crippen LogP contribution in [0.5, 0.6) is 0 Å². The molecule has 0 saturated heterocycles. The number of rotatable bonds is 7. The number of aliphatic hydroxyl groups is 1. The van der Waals surface area contributed by atoms with Gasteiger partial charge in [0.25, 0.3) is 0 Å². The van der Waals surface area contributed by atoms with Crippen molar-refractivity contribution < 1.29 is 14.2 Å². The lowest BCUT2D eigenvalue weighted by atomic mass is 10.0. The second-order valence-electron chi connectivity index (χ2n) is 2.43. The molecule has 6 heteroatoms. The van der Waals surface area contributed by atoms with Gasteiger partial charge >= 0.3 is 0 Å². The van der Waals surface area contributed by atoms with Crippen LogP contribution in [0.1, 0.15) is 6.42 Å². The number of hydrogen-bond acceptors (Lipinski definition) is 3. The molecular formula is C6H15O3P3. The van der Waals surface area contributed by atoms with Gasteiger partial charge in [-0.2, -0.15) is 0 Å². The quantitative estimate of drug-likeness (QED) is 0.530. The largest absolute Gasteiger partial charge is 0.385 e. The molecule has 72 valence electrons. The fourth-order valence-electron chi connectivity index (χ4n) is 0.759. The van der Waals surface area contributed by atoms with Crippen molar-refractivity contribution in [1.82, 2.24) is 0 Å². The molecule has 0 aliphatic rings. The Morgan fingerprint density at radius 3 is 2.67 bits per heavy atom. The maximum absolute atomic E-state index is 9.80. The first-order chi connectivity index (χ1) is 5.68. The average Bonchev–Trinajstić information content (AvgIpc) is 2.02. The van der Waals surface area contributed by atoms with Gasteiger partial charge in [0, 0.05) is 18.0 Å². The molecule has 4 unspecified atom stereocenters. The van der Waals surface area contributed by atoms with Crippen molar-refractivity contribution in [1.29, 1.82) is 0 Å². The van der Waals surface area contributed by atoms with Crippen LogP contribution in [-0.2, 0) is 9.05 Å². The molecular weight excluding hydrogens is 213 g/mol. The molecule has 0 aliphatic carbocycles. The average molecular weight is 228 g/mol. The molecule has 0 rings (SSSR count). The van der Waals surface area contributed by atoms with Crippen LogP contribution in [-0.4, -0.2) is 23.9 Å². The standard InChI is InChI=1S/C6H15O3P3/c1-2-3-6(7,4-8-10)5-9-12-11/h2,7,12H,1,3-5,10-11H2. The molecule has 0 amide bonds. The fraction of sp³-hybridized carbons (Fsp3) is 0.667. The predicted octanol–water partition coefficient (Wildman–Crippen LogP) is 1.50. The van der Waals surface area contributed by atoms with Crippen molar-refractivity contribution in [2.45, 2.75) is 12.0 Å². The Morgan fingerprint density at radius 2 is 2.25 bits per heavy atom. The Bertz CT molecular complexity index is 133. The molecule has 0 bridgehead atoms. The van der Waals surface area contributed by atoms with Crippen LogP contribution in [0.4, 0.5) is 0 Å². The van der Waals surface area contributed by atoms with Gasteiger partial charge < -0.3 is 14.2 Å². The van der Waals surface area contributed by atoms with E-state index >= 15 is 0 Å². The van der Waals surface area contributed by atoms with Crippen molar-refractivity contribution in [3.05, 3.63) is 12.7 Å². The summed E-state index contributed by atoms with van der Waals surface area (Å²) in [5.41, 5.74) is -0.937. The van der Waals surface area contributed by atoms with Crippen molar-refractivity contribution in [2.75, 3.05) is 13.2 Å². The molecule has 12 heavy (non-hydrogen) atoms. The van der Waals surface area contributed by atoms with Gasteiger partial charge in [0.05, 0.1) is 13.2 Å². The molecule has 0 aromatic carbocycles. The van der Waals surface area contributed by atoms with E-state index in [0.717, 1.165) is 0 Å². The van der Waals surface area contributed by atoms with E-state index in [1.165, 1.54) is 0 Å². The first-order valence-electron chi connectivity index (χ1n) is 3.41. The van der Waals surface area contributed by atoms with Crippen molar-refractivity contribution in [3.8, 4) is 0 Å². The predicted molar refractivity (Wildman–Crippen MR) is 59.4 cm³/mol. The van der Waals surface area contributed by atoms with E-state index in [-0.39, 0.29) is 13.2 Å². The molecule has 0 aliphatic heterocycles. The van der Waals surface area contributed by atoms with Gasteiger partial charge in [-0.05, 0) is 6.42 Å². The highest BCUT2D eigenvalue weighted by Gasteiger charge is 2.25. The Morgan fingerprint density at radius 1 is 1.58 bits per heavy atom. The monoisotopic (exact) mass is 228 g/mol. The van der Waals surface area contributed by atoms with Gasteiger partial charge in [0.1, 0.15) is 5.60 Å². The molecule has 0 radical (unpaired) electrons. The van der Waals surface area contributed by atoms with Gasteiger partial charge in [-0.3, -0.25) is 0 Å². The van der Waals surface area contributed by atoms with Gasteiger partial charge in [-0.25, -0.2) is 0 Å². The second-order valence-corrected chi connectivity index (χ2v) is 4.00.